The van der Waals surface area contributed by atoms with Gasteiger partial charge in [-0.05, 0) is 23.6 Å². The second-order valence-electron chi connectivity index (χ2n) is 4.20. The lowest BCUT2D eigenvalue weighted by Gasteiger charge is -2.23. The molecule has 0 saturated carbocycles. The van der Waals surface area contributed by atoms with Crippen molar-refractivity contribution in [3.8, 4) is 5.75 Å². The van der Waals surface area contributed by atoms with Gasteiger partial charge in [-0.3, -0.25) is 4.79 Å². The number of ether oxygens (including phenoxy) is 1. The molecule has 1 atom stereocenters. The number of rotatable bonds is 1. The number of benzene rings is 2. The second-order valence-corrected chi connectivity index (χ2v) is 4.20. The topological polar surface area (TPSA) is 26.3 Å². The van der Waals surface area contributed by atoms with Crippen LogP contribution in [0.5, 0.6) is 5.75 Å². The molecule has 0 aromatic heterocycles. The molecular weight excluding hydrogens is 224 g/mol. The molecule has 0 N–H and O–H groups in total. The summed E-state index contributed by atoms with van der Waals surface area (Å²) in [6.45, 7) is 0. The highest BCUT2D eigenvalue weighted by molar-refractivity contribution is 5.83. The van der Waals surface area contributed by atoms with Gasteiger partial charge in [0.25, 0.3) is 0 Å². The third-order valence-electron chi connectivity index (χ3n) is 3.09. The van der Waals surface area contributed by atoms with Crippen LogP contribution in [0.25, 0.3) is 0 Å². The Bertz CT molecular complexity index is 546. The molecule has 2 aromatic rings. The van der Waals surface area contributed by atoms with Gasteiger partial charge >= 0.3 is 5.97 Å². The molecule has 0 fully saturated rings. The van der Waals surface area contributed by atoms with E-state index in [0.717, 1.165) is 17.5 Å². The zero-order valence-corrected chi connectivity index (χ0v) is 9.80. The summed E-state index contributed by atoms with van der Waals surface area (Å²) in [5.74, 6) is 0.366. The van der Waals surface area contributed by atoms with E-state index in [1.165, 1.54) is 0 Å². The predicted molar refractivity (Wildman–Crippen MR) is 68.2 cm³/mol. The fraction of sp³-hybridized carbons (Fsp3) is 0.125. The zero-order chi connectivity index (χ0) is 11.7. The molecule has 0 amide bonds. The fourth-order valence-corrected chi connectivity index (χ4v) is 2.19. The first-order valence-corrected chi connectivity index (χ1v) is 5.69. The van der Waals surface area contributed by atoms with E-state index >= 15 is 0 Å². The molecule has 18 heavy (non-hydrogen) atoms. The summed E-state index contributed by atoms with van der Waals surface area (Å²) in [4.78, 5) is 11.9. The van der Waals surface area contributed by atoms with E-state index in [4.69, 9.17) is 4.74 Å². The summed E-state index contributed by atoms with van der Waals surface area (Å²) in [5.41, 5.74) is 2.12. The quantitative estimate of drug-likeness (QED) is 0.562. The lowest BCUT2D eigenvalue weighted by atomic mass is 9.90. The van der Waals surface area contributed by atoms with Crippen molar-refractivity contribution >= 4 is 5.97 Å². The average molecular weight is 236 g/mol. The van der Waals surface area contributed by atoms with E-state index in [9.17, 15) is 4.79 Å². The van der Waals surface area contributed by atoms with Crippen molar-refractivity contribution in [1.29, 1.82) is 0 Å². The van der Waals surface area contributed by atoms with E-state index in [-0.39, 0.29) is 19.3 Å². The summed E-state index contributed by atoms with van der Waals surface area (Å²) in [6, 6.07) is 17.5. The molecule has 2 nitrogen and oxygen atoms in total. The normalized spacial score (nSPS) is 17.3. The molecular formula is C16H12O2. The van der Waals surface area contributed by atoms with Crippen molar-refractivity contribution in [3.63, 3.8) is 0 Å². The summed E-state index contributed by atoms with van der Waals surface area (Å²) in [7, 11) is 0. The molecule has 3 rings (SSSR count). The van der Waals surface area contributed by atoms with Crippen molar-refractivity contribution in [3.05, 3.63) is 73.2 Å². The van der Waals surface area contributed by atoms with Crippen LogP contribution in [0.3, 0.4) is 0 Å². The van der Waals surface area contributed by atoms with Crippen LogP contribution in [0.4, 0.5) is 0 Å². The Kier molecular flexibility index (Phi) is 3.47. The van der Waals surface area contributed by atoms with Gasteiger partial charge in [0.15, 0.2) is 0 Å². The van der Waals surface area contributed by atoms with Crippen LogP contribution >= 0.6 is 0 Å². The fourth-order valence-electron chi connectivity index (χ4n) is 2.19. The minimum atomic E-state index is -0.175. The molecule has 0 saturated heterocycles. The highest BCUT2D eigenvalue weighted by Crippen LogP contribution is 2.32. The van der Waals surface area contributed by atoms with Crippen LogP contribution in [0.15, 0.2) is 54.6 Å². The van der Waals surface area contributed by atoms with Crippen LogP contribution in [-0.4, -0.2) is 5.97 Å². The molecule has 1 unspecified atom stereocenters. The Hall–Kier alpha value is -2.09. The lowest BCUT2D eigenvalue weighted by Crippen LogP contribution is -2.25. The lowest BCUT2D eigenvalue weighted by molar-refractivity contribution is -0.137. The number of hydrogen-bond acceptors (Lipinski definition) is 2. The van der Waals surface area contributed by atoms with E-state index in [0.29, 0.717) is 5.75 Å². The molecule has 2 aromatic carbocycles. The average Bonchev–Trinajstić information content (AvgIpc) is 2.39. The van der Waals surface area contributed by atoms with E-state index in [1.807, 2.05) is 54.6 Å². The van der Waals surface area contributed by atoms with Crippen molar-refractivity contribution in [2.75, 3.05) is 0 Å². The monoisotopic (exact) mass is 236 g/mol. The van der Waals surface area contributed by atoms with Gasteiger partial charge in [0.2, 0.25) is 0 Å². The first-order chi connectivity index (χ1) is 8.34. The van der Waals surface area contributed by atoms with Crippen molar-refractivity contribution < 1.29 is 9.53 Å². The molecule has 0 aliphatic carbocycles. The van der Waals surface area contributed by atoms with Crippen LogP contribution in [0.2, 0.25) is 0 Å². The highest BCUT2D eigenvalue weighted by Gasteiger charge is 2.29. The minimum absolute atomic E-state index is 0. The van der Waals surface area contributed by atoms with E-state index < -0.39 is 0 Å². The van der Waals surface area contributed by atoms with Crippen LogP contribution in [-0.2, 0) is 11.2 Å². The Labute approximate surface area is 107 Å². The Morgan fingerprint density at radius 2 is 1.61 bits per heavy atom. The van der Waals surface area contributed by atoms with Crippen molar-refractivity contribution in [1.82, 2.24) is 0 Å². The number of carbonyl (C=O) groups excluding carboxylic acids is 1. The van der Waals surface area contributed by atoms with Crippen LogP contribution < -0.4 is 4.74 Å². The van der Waals surface area contributed by atoms with Gasteiger partial charge in [-0.15, -0.1) is 0 Å². The molecule has 1 aliphatic rings. The smallest absolute Gasteiger partial charge is 0.319 e. The SMILES string of the molecule is O=C1Oc2ccccc2CC1c1ccccc1.[C]. The molecule has 2 heteroatoms. The third kappa shape index (κ3) is 2.14. The maximum absolute atomic E-state index is 11.9. The number of fused-ring (bicyclic) bond motifs is 1. The van der Waals surface area contributed by atoms with Gasteiger partial charge in [-0.1, -0.05) is 48.5 Å². The minimum Gasteiger partial charge on any atom is -0.426 e. The molecule has 0 spiro atoms. The molecule has 88 valence electrons. The molecule has 1 aliphatic heterocycles. The number of hydrogen-bond donors (Lipinski definition) is 0. The van der Waals surface area contributed by atoms with E-state index in [1.54, 1.807) is 0 Å². The number of esters is 1. The van der Waals surface area contributed by atoms with Crippen LogP contribution in [0.1, 0.15) is 17.0 Å². The second kappa shape index (κ2) is 5.05. The summed E-state index contributed by atoms with van der Waals surface area (Å²) in [6.07, 6.45) is 0.721. The number of carbonyl (C=O) groups is 1. The van der Waals surface area contributed by atoms with Gasteiger partial charge in [0.1, 0.15) is 5.75 Å². The first-order valence-electron chi connectivity index (χ1n) is 5.69. The van der Waals surface area contributed by atoms with Crippen LogP contribution in [0, 0.1) is 7.43 Å². The highest BCUT2D eigenvalue weighted by atomic mass is 16.5. The Morgan fingerprint density at radius 1 is 0.944 bits per heavy atom. The van der Waals surface area contributed by atoms with Gasteiger partial charge in [-0.2, -0.15) is 0 Å². The van der Waals surface area contributed by atoms with Gasteiger partial charge < -0.3 is 4.74 Å². The largest absolute Gasteiger partial charge is 0.426 e. The van der Waals surface area contributed by atoms with Crippen molar-refractivity contribution in [2.24, 2.45) is 0 Å². The van der Waals surface area contributed by atoms with Gasteiger partial charge in [-0.25, -0.2) is 0 Å². The standard InChI is InChI=1S/C15H12O2.C/c16-15-13(11-6-2-1-3-7-11)10-12-8-4-5-9-14(12)17-15;/h1-9,13H,10H2;. The maximum Gasteiger partial charge on any atom is 0.319 e. The zero-order valence-electron chi connectivity index (χ0n) is 9.80. The van der Waals surface area contributed by atoms with E-state index in [2.05, 4.69) is 0 Å². The summed E-state index contributed by atoms with van der Waals surface area (Å²) >= 11 is 0. The first kappa shape index (κ1) is 12.4. The molecule has 4 radical (unpaired) electrons. The Morgan fingerprint density at radius 3 is 2.39 bits per heavy atom. The summed E-state index contributed by atoms with van der Waals surface area (Å²) in [5, 5.41) is 0. The van der Waals surface area contributed by atoms with Gasteiger partial charge in [0.05, 0.1) is 5.92 Å². The molecule has 0 bridgehead atoms. The predicted octanol–water partition coefficient (Wildman–Crippen LogP) is 3.01. The third-order valence-corrected chi connectivity index (χ3v) is 3.09. The maximum atomic E-state index is 11.9. The van der Waals surface area contributed by atoms with Crippen molar-refractivity contribution in [2.45, 2.75) is 12.3 Å². The Balaban J connectivity index is 0.00000120. The van der Waals surface area contributed by atoms with Gasteiger partial charge in [0, 0.05) is 7.43 Å². The molecule has 1 heterocycles. The summed E-state index contributed by atoms with van der Waals surface area (Å²) < 4.78 is 5.36. The number of para-hydroxylation sites is 1.